The molecule has 0 fully saturated rings. The van der Waals surface area contributed by atoms with E-state index in [1.165, 1.54) is 17.0 Å². The minimum atomic E-state index is -3.72. The molecule has 0 heterocycles. The summed E-state index contributed by atoms with van der Waals surface area (Å²) < 4.78 is 25.0. The maximum atomic E-state index is 12.2. The van der Waals surface area contributed by atoms with Gasteiger partial charge in [0.05, 0.1) is 10.6 Å². The van der Waals surface area contributed by atoms with Crippen LogP contribution in [-0.4, -0.2) is 38.1 Å². The van der Waals surface area contributed by atoms with Gasteiger partial charge in [0.2, 0.25) is 5.91 Å². The third-order valence-electron chi connectivity index (χ3n) is 2.74. The number of nitrogen functional groups attached to an aromatic ring is 1. The SMILES string of the molecule is CCN(CC)C(=O)CS(=O)(=O)c1cc(Br)ccc1N. The minimum absolute atomic E-state index is 0.0117. The normalized spacial score (nSPS) is 11.3. The molecule has 1 aromatic carbocycles. The highest BCUT2D eigenvalue weighted by molar-refractivity contribution is 9.10. The number of halogens is 1. The average molecular weight is 349 g/mol. The second-order valence-corrected chi connectivity index (χ2v) is 6.88. The molecular weight excluding hydrogens is 332 g/mol. The number of nitrogens with two attached hydrogens (primary N) is 1. The Morgan fingerprint density at radius 2 is 1.89 bits per heavy atom. The topological polar surface area (TPSA) is 80.5 Å². The van der Waals surface area contributed by atoms with E-state index in [1.807, 2.05) is 13.8 Å². The van der Waals surface area contributed by atoms with E-state index in [0.717, 1.165) is 0 Å². The van der Waals surface area contributed by atoms with Crippen LogP contribution in [0.4, 0.5) is 5.69 Å². The molecule has 0 aliphatic heterocycles. The second-order valence-electron chi connectivity index (χ2n) is 4.01. The van der Waals surface area contributed by atoms with E-state index in [4.69, 9.17) is 5.73 Å². The molecule has 19 heavy (non-hydrogen) atoms. The summed E-state index contributed by atoms with van der Waals surface area (Å²) in [7, 11) is -3.72. The molecule has 0 spiro atoms. The van der Waals surface area contributed by atoms with Gasteiger partial charge in [0.1, 0.15) is 5.75 Å². The minimum Gasteiger partial charge on any atom is -0.398 e. The van der Waals surface area contributed by atoms with Crippen molar-refractivity contribution in [3.8, 4) is 0 Å². The average Bonchev–Trinajstić information content (AvgIpc) is 2.33. The maximum absolute atomic E-state index is 12.2. The van der Waals surface area contributed by atoms with Crippen molar-refractivity contribution in [2.24, 2.45) is 0 Å². The first-order chi connectivity index (χ1) is 8.81. The Morgan fingerprint density at radius 1 is 1.32 bits per heavy atom. The van der Waals surface area contributed by atoms with Crippen LogP contribution in [0.1, 0.15) is 13.8 Å². The lowest BCUT2D eigenvalue weighted by atomic mass is 10.3. The van der Waals surface area contributed by atoms with Gasteiger partial charge in [-0.15, -0.1) is 0 Å². The Bertz CT molecular complexity index is 568. The van der Waals surface area contributed by atoms with Crippen molar-refractivity contribution >= 4 is 37.4 Å². The molecule has 1 aromatic rings. The van der Waals surface area contributed by atoms with Crippen LogP contribution < -0.4 is 5.73 Å². The molecule has 7 heteroatoms. The van der Waals surface area contributed by atoms with Crippen LogP contribution >= 0.6 is 15.9 Å². The predicted octanol–water partition coefficient (Wildman–Crippen LogP) is 1.67. The Labute approximate surface area is 121 Å². The van der Waals surface area contributed by atoms with Crippen molar-refractivity contribution in [1.82, 2.24) is 4.90 Å². The molecule has 0 unspecified atom stereocenters. The highest BCUT2D eigenvalue weighted by Crippen LogP contribution is 2.24. The Hall–Kier alpha value is -1.08. The quantitative estimate of drug-likeness (QED) is 0.820. The molecule has 0 atom stereocenters. The summed E-state index contributed by atoms with van der Waals surface area (Å²) in [5.41, 5.74) is 5.82. The largest absolute Gasteiger partial charge is 0.398 e. The molecular formula is C12H17BrN2O3S. The number of amides is 1. The summed E-state index contributed by atoms with van der Waals surface area (Å²) >= 11 is 3.20. The number of benzene rings is 1. The van der Waals surface area contributed by atoms with Gasteiger partial charge in [0, 0.05) is 17.6 Å². The molecule has 2 N–H and O–H groups in total. The molecule has 0 aromatic heterocycles. The zero-order valence-electron chi connectivity index (χ0n) is 10.9. The number of nitrogens with zero attached hydrogens (tertiary/aromatic N) is 1. The third-order valence-corrected chi connectivity index (χ3v) is 4.88. The standard InChI is InChI=1S/C12H17BrN2O3S/c1-3-15(4-2)12(16)8-19(17,18)11-7-9(13)5-6-10(11)14/h5-7H,3-4,8,14H2,1-2H3. The van der Waals surface area contributed by atoms with Gasteiger partial charge in [0.25, 0.3) is 0 Å². The number of anilines is 1. The summed E-state index contributed by atoms with van der Waals surface area (Å²) in [6.45, 7) is 4.58. The van der Waals surface area contributed by atoms with Crippen molar-refractivity contribution < 1.29 is 13.2 Å². The Morgan fingerprint density at radius 3 is 2.42 bits per heavy atom. The summed E-state index contributed by atoms with van der Waals surface area (Å²) in [5.74, 6) is -0.973. The lowest BCUT2D eigenvalue weighted by Crippen LogP contribution is -2.35. The summed E-state index contributed by atoms with van der Waals surface area (Å²) in [5, 5.41) is 0. The number of hydrogen-bond acceptors (Lipinski definition) is 4. The molecule has 106 valence electrons. The van der Waals surface area contributed by atoms with E-state index < -0.39 is 21.5 Å². The first kappa shape index (κ1) is 16.0. The van der Waals surface area contributed by atoms with Gasteiger partial charge in [-0.3, -0.25) is 4.79 Å². The van der Waals surface area contributed by atoms with E-state index in [9.17, 15) is 13.2 Å². The van der Waals surface area contributed by atoms with Crippen LogP contribution in [0, 0.1) is 0 Å². The summed E-state index contributed by atoms with van der Waals surface area (Å²) in [6, 6.07) is 4.57. The Balaban J connectivity index is 3.05. The molecule has 0 saturated carbocycles. The van der Waals surface area contributed by atoms with Gasteiger partial charge in [-0.05, 0) is 32.0 Å². The Kier molecular flexibility index (Phi) is 5.37. The molecule has 5 nitrogen and oxygen atoms in total. The van der Waals surface area contributed by atoms with Crippen LogP contribution in [0.3, 0.4) is 0 Å². The fourth-order valence-electron chi connectivity index (χ4n) is 1.69. The first-order valence-electron chi connectivity index (χ1n) is 5.87. The van der Waals surface area contributed by atoms with Gasteiger partial charge in [-0.2, -0.15) is 0 Å². The third kappa shape index (κ3) is 3.94. The lowest BCUT2D eigenvalue weighted by Gasteiger charge is -2.18. The van der Waals surface area contributed by atoms with E-state index in [-0.39, 0.29) is 10.6 Å². The van der Waals surface area contributed by atoms with Crippen LogP contribution in [0.25, 0.3) is 0 Å². The number of hydrogen-bond donors (Lipinski definition) is 1. The molecule has 0 aliphatic rings. The van der Waals surface area contributed by atoms with Crippen LogP contribution in [0.2, 0.25) is 0 Å². The maximum Gasteiger partial charge on any atom is 0.238 e. The van der Waals surface area contributed by atoms with E-state index in [0.29, 0.717) is 17.6 Å². The van der Waals surface area contributed by atoms with Gasteiger partial charge >= 0.3 is 0 Å². The molecule has 0 saturated heterocycles. The number of carbonyl (C=O) groups is 1. The van der Waals surface area contributed by atoms with Crippen molar-refractivity contribution in [1.29, 1.82) is 0 Å². The fraction of sp³-hybridized carbons (Fsp3) is 0.417. The van der Waals surface area contributed by atoms with E-state index >= 15 is 0 Å². The van der Waals surface area contributed by atoms with Gasteiger partial charge in [-0.25, -0.2) is 8.42 Å². The van der Waals surface area contributed by atoms with Crippen molar-refractivity contribution in [3.05, 3.63) is 22.7 Å². The fourth-order valence-corrected chi connectivity index (χ4v) is 3.59. The molecule has 0 bridgehead atoms. The first-order valence-corrected chi connectivity index (χ1v) is 8.32. The molecule has 1 amide bonds. The number of rotatable bonds is 5. The van der Waals surface area contributed by atoms with E-state index in [2.05, 4.69) is 15.9 Å². The van der Waals surface area contributed by atoms with Crippen LogP contribution in [0.15, 0.2) is 27.6 Å². The molecule has 1 rings (SSSR count). The van der Waals surface area contributed by atoms with Gasteiger partial charge < -0.3 is 10.6 Å². The highest BCUT2D eigenvalue weighted by Gasteiger charge is 2.24. The zero-order valence-corrected chi connectivity index (χ0v) is 13.3. The number of carbonyl (C=O) groups excluding carboxylic acids is 1. The summed E-state index contributed by atoms with van der Waals surface area (Å²) in [4.78, 5) is 13.4. The zero-order chi connectivity index (χ0) is 14.6. The van der Waals surface area contributed by atoms with Gasteiger partial charge in [0.15, 0.2) is 9.84 Å². The van der Waals surface area contributed by atoms with Crippen molar-refractivity contribution in [3.63, 3.8) is 0 Å². The van der Waals surface area contributed by atoms with Crippen molar-refractivity contribution in [2.45, 2.75) is 18.7 Å². The molecule has 0 radical (unpaired) electrons. The highest BCUT2D eigenvalue weighted by atomic mass is 79.9. The lowest BCUT2D eigenvalue weighted by molar-refractivity contribution is -0.128. The molecule has 0 aliphatic carbocycles. The van der Waals surface area contributed by atoms with Crippen LogP contribution in [-0.2, 0) is 14.6 Å². The van der Waals surface area contributed by atoms with Crippen molar-refractivity contribution in [2.75, 3.05) is 24.6 Å². The van der Waals surface area contributed by atoms with E-state index in [1.54, 1.807) is 6.07 Å². The van der Waals surface area contributed by atoms with Gasteiger partial charge in [-0.1, -0.05) is 15.9 Å². The number of sulfone groups is 1. The monoisotopic (exact) mass is 348 g/mol. The van der Waals surface area contributed by atoms with Crippen LogP contribution in [0.5, 0.6) is 0 Å². The predicted molar refractivity (Wildman–Crippen MR) is 78.5 cm³/mol. The smallest absolute Gasteiger partial charge is 0.238 e. The summed E-state index contributed by atoms with van der Waals surface area (Å²) in [6.07, 6.45) is 0. The second kappa shape index (κ2) is 6.38.